The monoisotopic (exact) mass is 307 g/mol. The van der Waals surface area contributed by atoms with E-state index in [1.807, 2.05) is 10.9 Å². The smallest absolute Gasteiger partial charge is 0.121 e. The Morgan fingerprint density at radius 1 is 0.957 bits per heavy atom. The van der Waals surface area contributed by atoms with E-state index in [4.69, 9.17) is 5.10 Å². The molecule has 0 saturated heterocycles. The van der Waals surface area contributed by atoms with Gasteiger partial charge in [-0.15, -0.1) is 0 Å². The lowest BCUT2D eigenvalue weighted by Gasteiger charge is -2.19. The third-order valence-electron chi connectivity index (χ3n) is 4.04. The van der Waals surface area contributed by atoms with Crippen molar-refractivity contribution in [2.75, 3.05) is 0 Å². The molecule has 0 spiro atoms. The van der Waals surface area contributed by atoms with Gasteiger partial charge in [0.15, 0.2) is 0 Å². The Labute approximate surface area is 138 Å². The third-order valence-corrected chi connectivity index (χ3v) is 4.04. The molecule has 2 aromatic carbocycles. The van der Waals surface area contributed by atoms with Crippen molar-refractivity contribution in [3.05, 3.63) is 48.0 Å². The van der Waals surface area contributed by atoms with E-state index in [0.29, 0.717) is 5.92 Å². The van der Waals surface area contributed by atoms with E-state index < -0.39 is 0 Å². The van der Waals surface area contributed by atoms with Gasteiger partial charge in [0.2, 0.25) is 0 Å². The Kier molecular flexibility index (Phi) is 3.97. The third kappa shape index (κ3) is 3.29. The van der Waals surface area contributed by atoms with E-state index in [-0.39, 0.29) is 5.41 Å². The molecule has 0 N–H and O–H groups in total. The molecule has 23 heavy (non-hydrogen) atoms. The van der Waals surface area contributed by atoms with Crippen LogP contribution in [0.5, 0.6) is 0 Å². The minimum absolute atomic E-state index is 0.172. The Morgan fingerprint density at radius 3 is 2.26 bits per heavy atom. The van der Waals surface area contributed by atoms with Gasteiger partial charge in [-0.1, -0.05) is 71.0 Å². The fraction of sp³-hybridized carbons (Fsp3) is 0.400. The van der Waals surface area contributed by atoms with E-state index >= 15 is 0 Å². The molecular weight excluding hydrogens is 282 g/mol. The molecule has 0 aliphatic carbocycles. The molecule has 0 amide bonds. The predicted octanol–water partition coefficient (Wildman–Crippen LogP) is 5.05. The van der Waals surface area contributed by atoms with Crippen molar-refractivity contribution < 1.29 is 0 Å². The molecule has 3 nitrogen and oxygen atoms in total. The van der Waals surface area contributed by atoms with Gasteiger partial charge in [-0.3, -0.25) is 0 Å². The Hall–Kier alpha value is -2.16. The van der Waals surface area contributed by atoms with Crippen LogP contribution in [-0.4, -0.2) is 15.0 Å². The van der Waals surface area contributed by atoms with Gasteiger partial charge in [0, 0.05) is 5.56 Å². The Balaban J connectivity index is 2.04. The molecule has 1 aromatic heterocycles. The average Bonchev–Trinajstić information content (AvgIpc) is 2.87. The van der Waals surface area contributed by atoms with Gasteiger partial charge in [-0.05, 0) is 28.5 Å². The van der Waals surface area contributed by atoms with Crippen molar-refractivity contribution in [2.24, 2.45) is 5.92 Å². The standard InChI is InChI=1S/C20H25N3/c1-14(2)13-23-21-18-8-6-7-17(19(18)22-23)15-9-11-16(12-10-15)20(3,4)5/h6-12,14H,13H2,1-5H3. The van der Waals surface area contributed by atoms with Crippen LogP contribution in [0, 0.1) is 5.92 Å². The van der Waals surface area contributed by atoms with Crippen LogP contribution in [0.3, 0.4) is 0 Å². The van der Waals surface area contributed by atoms with Crippen molar-refractivity contribution in [1.82, 2.24) is 15.0 Å². The lowest BCUT2D eigenvalue weighted by Crippen LogP contribution is -2.10. The molecule has 3 rings (SSSR count). The maximum Gasteiger partial charge on any atom is 0.121 e. The number of fused-ring (bicyclic) bond motifs is 1. The van der Waals surface area contributed by atoms with Crippen LogP contribution in [0.4, 0.5) is 0 Å². The van der Waals surface area contributed by atoms with Gasteiger partial charge < -0.3 is 0 Å². The summed E-state index contributed by atoms with van der Waals surface area (Å²) in [6.07, 6.45) is 0. The summed E-state index contributed by atoms with van der Waals surface area (Å²) in [7, 11) is 0. The molecule has 0 aliphatic rings. The molecule has 0 saturated carbocycles. The normalized spacial score (nSPS) is 12.3. The Morgan fingerprint density at radius 2 is 1.65 bits per heavy atom. The zero-order valence-electron chi connectivity index (χ0n) is 14.7. The van der Waals surface area contributed by atoms with Gasteiger partial charge >= 0.3 is 0 Å². The summed E-state index contributed by atoms with van der Waals surface area (Å²) in [6.45, 7) is 11.9. The first-order valence-corrected chi connectivity index (χ1v) is 8.29. The molecule has 3 aromatic rings. The van der Waals surface area contributed by atoms with Gasteiger partial charge in [-0.25, -0.2) is 0 Å². The molecule has 120 valence electrons. The number of nitrogens with zero attached hydrogens (tertiary/aromatic N) is 3. The van der Waals surface area contributed by atoms with Gasteiger partial charge in [0.05, 0.1) is 6.54 Å². The van der Waals surface area contributed by atoms with Crippen LogP contribution in [0.1, 0.15) is 40.2 Å². The molecular formula is C20H25N3. The maximum atomic E-state index is 4.71. The second-order valence-corrected chi connectivity index (χ2v) is 7.65. The molecule has 0 atom stereocenters. The molecule has 0 unspecified atom stereocenters. The summed E-state index contributed by atoms with van der Waals surface area (Å²) in [6, 6.07) is 15.0. The van der Waals surface area contributed by atoms with E-state index in [9.17, 15) is 0 Å². The summed E-state index contributed by atoms with van der Waals surface area (Å²) < 4.78 is 0. The fourth-order valence-electron chi connectivity index (χ4n) is 2.77. The second kappa shape index (κ2) is 5.80. The number of hydrogen-bond acceptors (Lipinski definition) is 2. The number of rotatable bonds is 3. The minimum atomic E-state index is 0.172. The molecule has 0 radical (unpaired) electrons. The number of benzene rings is 2. The lowest BCUT2D eigenvalue weighted by molar-refractivity contribution is 0.442. The lowest BCUT2D eigenvalue weighted by atomic mass is 9.86. The van der Waals surface area contributed by atoms with Crippen LogP contribution < -0.4 is 0 Å². The van der Waals surface area contributed by atoms with Crippen molar-refractivity contribution in [3.63, 3.8) is 0 Å². The van der Waals surface area contributed by atoms with Crippen LogP contribution >= 0.6 is 0 Å². The summed E-state index contributed by atoms with van der Waals surface area (Å²) in [5, 5.41) is 9.31. The largest absolute Gasteiger partial charge is 0.183 e. The highest BCUT2D eigenvalue weighted by Gasteiger charge is 2.14. The highest BCUT2D eigenvalue weighted by Crippen LogP contribution is 2.29. The van der Waals surface area contributed by atoms with Crippen LogP contribution in [-0.2, 0) is 12.0 Å². The molecule has 3 heteroatoms. The summed E-state index contributed by atoms with van der Waals surface area (Å²) >= 11 is 0. The van der Waals surface area contributed by atoms with Crippen LogP contribution in [0.2, 0.25) is 0 Å². The van der Waals surface area contributed by atoms with Crippen LogP contribution in [0.15, 0.2) is 42.5 Å². The quantitative estimate of drug-likeness (QED) is 0.677. The van der Waals surface area contributed by atoms with Crippen molar-refractivity contribution in [1.29, 1.82) is 0 Å². The zero-order chi connectivity index (χ0) is 16.6. The van der Waals surface area contributed by atoms with Crippen molar-refractivity contribution >= 4 is 11.0 Å². The molecule has 0 bridgehead atoms. The van der Waals surface area contributed by atoms with Gasteiger partial charge in [0.25, 0.3) is 0 Å². The Bertz CT molecular complexity index is 805. The van der Waals surface area contributed by atoms with E-state index in [1.165, 1.54) is 11.1 Å². The summed E-state index contributed by atoms with van der Waals surface area (Å²) in [4.78, 5) is 1.82. The van der Waals surface area contributed by atoms with Crippen LogP contribution in [0.25, 0.3) is 22.2 Å². The van der Waals surface area contributed by atoms with Crippen molar-refractivity contribution in [2.45, 2.75) is 46.6 Å². The van der Waals surface area contributed by atoms with E-state index in [0.717, 1.165) is 23.1 Å². The first-order chi connectivity index (χ1) is 10.8. The summed E-state index contributed by atoms with van der Waals surface area (Å²) in [5.41, 5.74) is 5.81. The first kappa shape index (κ1) is 15.7. The molecule has 0 aliphatic heterocycles. The van der Waals surface area contributed by atoms with E-state index in [2.05, 4.69) is 76.1 Å². The predicted molar refractivity (Wildman–Crippen MR) is 96.5 cm³/mol. The van der Waals surface area contributed by atoms with Crippen molar-refractivity contribution in [3.8, 4) is 11.1 Å². The maximum absolute atomic E-state index is 4.71. The molecule has 1 heterocycles. The van der Waals surface area contributed by atoms with E-state index in [1.54, 1.807) is 0 Å². The average molecular weight is 307 g/mol. The summed E-state index contributed by atoms with van der Waals surface area (Å²) in [5.74, 6) is 0.534. The molecule has 0 fully saturated rings. The second-order valence-electron chi connectivity index (χ2n) is 7.65. The topological polar surface area (TPSA) is 30.7 Å². The van der Waals surface area contributed by atoms with Gasteiger partial charge in [-0.2, -0.15) is 15.0 Å². The SMILES string of the molecule is CC(C)Cn1nc2cccc(-c3ccc(C(C)(C)C)cc3)c2n1. The first-order valence-electron chi connectivity index (χ1n) is 8.29. The minimum Gasteiger partial charge on any atom is -0.183 e. The highest BCUT2D eigenvalue weighted by atomic mass is 15.5. The fourth-order valence-corrected chi connectivity index (χ4v) is 2.77. The highest BCUT2D eigenvalue weighted by molar-refractivity contribution is 5.91. The number of hydrogen-bond donors (Lipinski definition) is 0. The zero-order valence-corrected chi connectivity index (χ0v) is 14.7. The number of aromatic nitrogens is 3. The van der Waals surface area contributed by atoms with Gasteiger partial charge in [0.1, 0.15) is 11.0 Å².